The minimum absolute atomic E-state index is 0.142. The molecule has 2 unspecified atom stereocenters. The van der Waals surface area contributed by atoms with Gasteiger partial charge in [0.2, 0.25) is 0 Å². The molecule has 1 aliphatic heterocycles. The summed E-state index contributed by atoms with van der Waals surface area (Å²) in [5.74, 6) is 0.770. The highest BCUT2D eigenvalue weighted by Gasteiger charge is 2.36. The Kier molecular flexibility index (Phi) is 6.40. The van der Waals surface area contributed by atoms with Crippen LogP contribution >= 0.6 is 0 Å². The zero-order valence-corrected chi connectivity index (χ0v) is 14.3. The van der Waals surface area contributed by atoms with Crippen LogP contribution in [0.2, 0.25) is 0 Å². The predicted molar refractivity (Wildman–Crippen MR) is 89.5 cm³/mol. The third-order valence-electron chi connectivity index (χ3n) is 4.08. The maximum absolute atomic E-state index is 13.1. The molecule has 132 valence electrons. The van der Waals surface area contributed by atoms with Crippen molar-refractivity contribution in [3.8, 4) is 5.75 Å². The van der Waals surface area contributed by atoms with E-state index in [-0.39, 0.29) is 23.6 Å². The number of hydrogen-bond donors (Lipinski definition) is 1. The van der Waals surface area contributed by atoms with Crippen LogP contribution in [0.5, 0.6) is 5.75 Å². The van der Waals surface area contributed by atoms with Crippen LogP contribution in [-0.4, -0.2) is 57.2 Å². The van der Waals surface area contributed by atoms with Gasteiger partial charge in [-0.05, 0) is 18.1 Å². The minimum atomic E-state index is -0.323. The molecule has 0 bridgehead atoms. The largest absolute Gasteiger partial charge is 0.492 e. The van der Waals surface area contributed by atoms with Crippen molar-refractivity contribution >= 4 is 11.9 Å². The third kappa shape index (κ3) is 4.59. The highest BCUT2D eigenvalue weighted by molar-refractivity contribution is 5.82. The lowest BCUT2D eigenvalue weighted by atomic mass is 9.99. The monoisotopic (exact) mass is 337 g/mol. The van der Waals surface area contributed by atoms with Crippen LogP contribution in [0.1, 0.15) is 6.92 Å². The molecule has 0 amide bonds. The zero-order chi connectivity index (χ0) is 17.5. The molecule has 0 aromatic heterocycles. The number of rotatable bonds is 5. The second kappa shape index (κ2) is 8.52. The summed E-state index contributed by atoms with van der Waals surface area (Å²) in [5.41, 5.74) is 0. The van der Waals surface area contributed by atoms with Gasteiger partial charge in [-0.25, -0.2) is 4.39 Å². The fourth-order valence-electron chi connectivity index (χ4n) is 2.82. The van der Waals surface area contributed by atoms with Crippen LogP contribution in [-0.2, 0) is 9.53 Å². The van der Waals surface area contributed by atoms with E-state index in [1.54, 1.807) is 19.2 Å². The number of esters is 1. The van der Waals surface area contributed by atoms with E-state index in [1.165, 1.54) is 19.2 Å². The third-order valence-corrected chi connectivity index (χ3v) is 4.08. The molecule has 1 N–H and O–H groups in total. The Balaban J connectivity index is 1.80. The molecule has 1 aromatic rings. The second-order valence-corrected chi connectivity index (χ2v) is 5.79. The van der Waals surface area contributed by atoms with Crippen molar-refractivity contribution < 1.29 is 18.7 Å². The van der Waals surface area contributed by atoms with Crippen LogP contribution < -0.4 is 10.1 Å². The first-order valence-corrected chi connectivity index (χ1v) is 7.97. The number of nitrogens with one attached hydrogen (secondary N) is 1. The van der Waals surface area contributed by atoms with Gasteiger partial charge in [-0.15, -0.1) is 0 Å². The summed E-state index contributed by atoms with van der Waals surface area (Å²) >= 11 is 0. The number of nitrogens with zero attached hydrogens (tertiary/aromatic N) is 2. The summed E-state index contributed by atoms with van der Waals surface area (Å²) in [6.07, 6.45) is 0. The van der Waals surface area contributed by atoms with E-state index in [1.807, 2.05) is 11.8 Å². The van der Waals surface area contributed by atoms with E-state index in [0.29, 0.717) is 25.4 Å². The van der Waals surface area contributed by atoms with Gasteiger partial charge in [0.15, 0.2) is 5.96 Å². The summed E-state index contributed by atoms with van der Waals surface area (Å²) in [7, 11) is 3.11. The van der Waals surface area contributed by atoms with Gasteiger partial charge >= 0.3 is 5.97 Å². The lowest BCUT2D eigenvalue weighted by Gasteiger charge is -2.21. The smallest absolute Gasteiger partial charge is 0.310 e. The molecule has 0 aliphatic carbocycles. The molecule has 1 fully saturated rings. The van der Waals surface area contributed by atoms with E-state index < -0.39 is 0 Å². The molecule has 0 saturated carbocycles. The first-order chi connectivity index (χ1) is 11.5. The average Bonchev–Trinajstić information content (AvgIpc) is 2.96. The molecular weight excluding hydrogens is 313 g/mol. The van der Waals surface area contributed by atoms with Gasteiger partial charge in [-0.2, -0.15) is 0 Å². The lowest BCUT2D eigenvalue weighted by Crippen LogP contribution is -2.42. The SMILES string of the molecule is CN=C(NCCOc1cccc(F)c1)N1CC(C)C(C(=O)OC)C1. The number of halogens is 1. The zero-order valence-electron chi connectivity index (χ0n) is 14.3. The van der Waals surface area contributed by atoms with Crippen molar-refractivity contribution in [1.82, 2.24) is 10.2 Å². The highest BCUT2D eigenvalue weighted by Crippen LogP contribution is 2.24. The molecule has 1 heterocycles. The van der Waals surface area contributed by atoms with Gasteiger partial charge < -0.3 is 19.7 Å². The van der Waals surface area contributed by atoms with E-state index in [4.69, 9.17) is 9.47 Å². The molecule has 1 aliphatic rings. The van der Waals surface area contributed by atoms with E-state index >= 15 is 0 Å². The Labute approximate surface area is 141 Å². The number of carbonyl (C=O) groups is 1. The van der Waals surface area contributed by atoms with Gasteiger partial charge in [0, 0.05) is 26.2 Å². The Morgan fingerprint density at radius 2 is 2.25 bits per heavy atom. The van der Waals surface area contributed by atoms with Gasteiger partial charge in [-0.3, -0.25) is 9.79 Å². The number of benzene rings is 1. The molecule has 7 heteroatoms. The van der Waals surface area contributed by atoms with Crippen molar-refractivity contribution in [2.24, 2.45) is 16.8 Å². The summed E-state index contributed by atoms with van der Waals surface area (Å²) in [5, 5.41) is 3.20. The molecule has 1 saturated heterocycles. The van der Waals surface area contributed by atoms with Crippen molar-refractivity contribution in [2.75, 3.05) is 40.4 Å². The van der Waals surface area contributed by atoms with Crippen molar-refractivity contribution in [2.45, 2.75) is 6.92 Å². The Morgan fingerprint density at radius 1 is 1.46 bits per heavy atom. The topological polar surface area (TPSA) is 63.2 Å². The first kappa shape index (κ1) is 18.0. The molecule has 0 spiro atoms. The Morgan fingerprint density at radius 3 is 2.92 bits per heavy atom. The molecule has 2 atom stereocenters. The first-order valence-electron chi connectivity index (χ1n) is 7.97. The molecule has 1 aromatic carbocycles. The van der Waals surface area contributed by atoms with Gasteiger partial charge in [0.05, 0.1) is 19.6 Å². The van der Waals surface area contributed by atoms with Crippen LogP contribution in [0.25, 0.3) is 0 Å². The Bertz CT molecular complexity index is 594. The summed E-state index contributed by atoms with van der Waals surface area (Å²) in [6.45, 7) is 4.26. The fourth-order valence-corrected chi connectivity index (χ4v) is 2.82. The van der Waals surface area contributed by atoms with Crippen LogP contribution in [0.3, 0.4) is 0 Å². The number of likely N-dealkylation sites (tertiary alicyclic amines) is 1. The predicted octanol–water partition coefficient (Wildman–Crippen LogP) is 1.52. The molecular formula is C17H24FN3O3. The minimum Gasteiger partial charge on any atom is -0.492 e. The van der Waals surface area contributed by atoms with Crippen LogP contribution in [0.4, 0.5) is 4.39 Å². The van der Waals surface area contributed by atoms with E-state index in [0.717, 1.165) is 12.5 Å². The van der Waals surface area contributed by atoms with E-state index in [2.05, 4.69) is 10.3 Å². The quantitative estimate of drug-likeness (QED) is 0.382. The van der Waals surface area contributed by atoms with Crippen LogP contribution in [0.15, 0.2) is 29.3 Å². The number of guanidine groups is 1. The van der Waals surface area contributed by atoms with Crippen molar-refractivity contribution in [1.29, 1.82) is 0 Å². The van der Waals surface area contributed by atoms with Gasteiger partial charge in [-0.1, -0.05) is 13.0 Å². The molecule has 2 rings (SSSR count). The maximum Gasteiger partial charge on any atom is 0.310 e. The maximum atomic E-state index is 13.1. The van der Waals surface area contributed by atoms with Gasteiger partial charge in [0.1, 0.15) is 18.2 Å². The van der Waals surface area contributed by atoms with E-state index in [9.17, 15) is 9.18 Å². The lowest BCUT2D eigenvalue weighted by molar-refractivity contribution is -0.145. The molecule has 0 radical (unpaired) electrons. The number of hydrogen-bond acceptors (Lipinski definition) is 4. The van der Waals surface area contributed by atoms with Crippen LogP contribution in [0, 0.1) is 17.7 Å². The summed E-state index contributed by atoms with van der Waals surface area (Å²) in [6, 6.07) is 6.04. The standard InChI is InChI=1S/C17H24FN3O3/c1-12-10-21(11-15(12)16(22)23-3)17(19-2)20-7-8-24-14-6-4-5-13(18)9-14/h4-6,9,12,15H,7-8,10-11H2,1-3H3,(H,19,20). The average molecular weight is 337 g/mol. The number of ether oxygens (including phenoxy) is 2. The van der Waals surface area contributed by atoms with Crippen molar-refractivity contribution in [3.63, 3.8) is 0 Å². The molecule has 6 nitrogen and oxygen atoms in total. The van der Waals surface area contributed by atoms with Gasteiger partial charge in [0.25, 0.3) is 0 Å². The second-order valence-electron chi connectivity index (χ2n) is 5.79. The normalized spacial score (nSPS) is 20.8. The summed E-state index contributed by atoms with van der Waals surface area (Å²) in [4.78, 5) is 18.0. The number of aliphatic imine (C=N–C) groups is 1. The highest BCUT2D eigenvalue weighted by atomic mass is 19.1. The molecule has 24 heavy (non-hydrogen) atoms. The summed E-state index contributed by atoms with van der Waals surface area (Å²) < 4.78 is 23.4. The van der Waals surface area contributed by atoms with Crippen molar-refractivity contribution in [3.05, 3.63) is 30.1 Å². The Hall–Kier alpha value is -2.31. The number of carbonyl (C=O) groups excluding carboxylic acids is 1. The fraction of sp³-hybridized carbons (Fsp3) is 0.529. The number of methoxy groups -OCH3 is 1.